The number of amidine groups is 1. The quantitative estimate of drug-likeness (QED) is 0.508. The minimum absolute atomic E-state index is 0.0265. The highest BCUT2D eigenvalue weighted by molar-refractivity contribution is 5.98. The first-order valence-electron chi connectivity index (χ1n) is 6.97. The van der Waals surface area contributed by atoms with Crippen LogP contribution >= 0.6 is 0 Å². The SMILES string of the molecule is N=C(N)c1cccc(Cn2c(C(N)=O)cc3cc(F)ccc32)c1. The largest absolute Gasteiger partial charge is 0.384 e. The van der Waals surface area contributed by atoms with E-state index < -0.39 is 5.91 Å². The molecule has 2 aromatic carbocycles. The molecular weight excluding hydrogens is 295 g/mol. The van der Waals surface area contributed by atoms with Crippen LogP contribution in [0.4, 0.5) is 4.39 Å². The van der Waals surface area contributed by atoms with Gasteiger partial charge in [-0.2, -0.15) is 0 Å². The number of aromatic nitrogens is 1. The van der Waals surface area contributed by atoms with Gasteiger partial charge in [0.15, 0.2) is 0 Å². The smallest absolute Gasteiger partial charge is 0.265 e. The fourth-order valence-corrected chi connectivity index (χ4v) is 2.64. The average molecular weight is 310 g/mol. The molecule has 5 N–H and O–H groups in total. The Morgan fingerprint density at radius 1 is 1.13 bits per heavy atom. The Labute approximate surface area is 131 Å². The fraction of sp³-hybridized carbons (Fsp3) is 0.0588. The molecule has 0 aliphatic heterocycles. The summed E-state index contributed by atoms with van der Waals surface area (Å²) in [4.78, 5) is 11.7. The summed E-state index contributed by atoms with van der Waals surface area (Å²) in [5, 5.41) is 8.11. The van der Waals surface area contributed by atoms with E-state index in [9.17, 15) is 9.18 Å². The van der Waals surface area contributed by atoms with E-state index in [4.69, 9.17) is 16.9 Å². The van der Waals surface area contributed by atoms with E-state index >= 15 is 0 Å². The van der Waals surface area contributed by atoms with E-state index in [0.717, 1.165) is 5.56 Å². The van der Waals surface area contributed by atoms with Gasteiger partial charge in [0, 0.05) is 23.0 Å². The molecule has 5 nitrogen and oxygen atoms in total. The van der Waals surface area contributed by atoms with Crippen LogP contribution in [-0.4, -0.2) is 16.3 Å². The van der Waals surface area contributed by atoms with Crippen LogP contribution in [0.5, 0.6) is 0 Å². The van der Waals surface area contributed by atoms with E-state index in [0.29, 0.717) is 28.7 Å². The van der Waals surface area contributed by atoms with Gasteiger partial charge in [-0.05, 0) is 35.9 Å². The normalized spacial score (nSPS) is 10.8. The summed E-state index contributed by atoms with van der Waals surface area (Å²) in [6, 6.07) is 13.1. The van der Waals surface area contributed by atoms with E-state index in [1.54, 1.807) is 34.9 Å². The Kier molecular flexibility index (Phi) is 3.57. The molecule has 0 spiro atoms. The summed E-state index contributed by atoms with van der Waals surface area (Å²) in [6.07, 6.45) is 0. The molecule has 1 heterocycles. The van der Waals surface area contributed by atoms with Crippen molar-refractivity contribution >= 4 is 22.6 Å². The third kappa shape index (κ3) is 2.78. The molecule has 0 aliphatic rings. The van der Waals surface area contributed by atoms with Gasteiger partial charge in [0.2, 0.25) is 0 Å². The Bertz CT molecular complexity index is 929. The molecule has 0 unspecified atom stereocenters. The van der Waals surface area contributed by atoms with Crippen molar-refractivity contribution in [1.82, 2.24) is 4.57 Å². The second-order valence-electron chi connectivity index (χ2n) is 5.30. The van der Waals surface area contributed by atoms with Crippen molar-refractivity contribution in [1.29, 1.82) is 5.41 Å². The number of benzene rings is 2. The van der Waals surface area contributed by atoms with Crippen molar-refractivity contribution in [2.45, 2.75) is 6.54 Å². The molecule has 0 aliphatic carbocycles. The number of nitrogens with one attached hydrogen (secondary N) is 1. The number of primary amides is 1. The summed E-state index contributed by atoms with van der Waals surface area (Å²) >= 11 is 0. The molecule has 1 amide bonds. The molecule has 116 valence electrons. The zero-order chi connectivity index (χ0) is 16.6. The zero-order valence-electron chi connectivity index (χ0n) is 12.2. The molecule has 6 heteroatoms. The van der Waals surface area contributed by atoms with Gasteiger partial charge in [-0.1, -0.05) is 18.2 Å². The van der Waals surface area contributed by atoms with Crippen molar-refractivity contribution in [3.8, 4) is 0 Å². The van der Waals surface area contributed by atoms with E-state index in [-0.39, 0.29) is 11.7 Å². The first-order chi connectivity index (χ1) is 11.0. The fourth-order valence-electron chi connectivity index (χ4n) is 2.64. The van der Waals surface area contributed by atoms with Gasteiger partial charge >= 0.3 is 0 Å². The topological polar surface area (TPSA) is 97.9 Å². The second-order valence-corrected chi connectivity index (χ2v) is 5.30. The van der Waals surface area contributed by atoms with Crippen LogP contribution < -0.4 is 11.5 Å². The first kappa shape index (κ1) is 14.8. The minimum Gasteiger partial charge on any atom is -0.384 e. The average Bonchev–Trinajstić information content (AvgIpc) is 2.85. The monoisotopic (exact) mass is 310 g/mol. The molecule has 0 saturated heterocycles. The van der Waals surface area contributed by atoms with Crippen LogP contribution in [0.2, 0.25) is 0 Å². The molecule has 23 heavy (non-hydrogen) atoms. The van der Waals surface area contributed by atoms with Crippen LogP contribution in [0.1, 0.15) is 21.6 Å². The number of nitrogens with zero attached hydrogens (tertiary/aromatic N) is 1. The maximum atomic E-state index is 13.4. The number of fused-ring (bicyclic) bond motifs is 1. The van der Waals surface area contributed by atoms with Crippen molar-refractivity contribution in [3.05, 3.63) is 71.2 Å². The Morgan fingerprint density at radius 3 is 2.61 bits per heavy atom. The molecule has 0 fully saturated rings. The first-order valence-corrected chi connectivity index (χ1v) is 6.97. The number of rotatable bonds is 4. The van der Waals surface area contributed by atoms with Crippen LogP contribution in [0.3, 0.4) is 0 Å². The lowest BCUT2D eigenvalue weighted by atomic mass is 10.1. The second kappa shape index (κ2) is 5.57. The lowest BCUT2D eigenvalue weighted by Crippen LogP contribution is -2.17. The maximum Gasteiger partial charge on any atom is 0.265 e. The van der Waals surface area contributed by atoms with Crippen molar-refractivity contribution in [2.75, 3.05) is 0 Å². The highest BCUT2D eigenvalue weighted by Gasteiger charge is 2.14. The van der Waals surface area contributed by atoms with Crippen molar-refractivity contribution in [2.24, 2.45) is 11.5 Å². The summed E-state index contributed by atoms with van der Waals surface area (Å²) in [6.45, 7) is 0.370. The van der Waals surface area contributed by atoms with Gasteiger partial charge in [0.25, 0.3) is 5.91 Å². The van der Waals surface area contributed by atoms with Crippen LogP contribution in [-0.2, 0) is 6.54 Å². The molecule has 0 saturated carbocycles. The number of hydrogen-bond donors (Lipinski definition) is 3. The third-order valence-corrected chi connectivity index (χ3v) is 3.69. The highest BCUT2D eigenvalue weighted by Crippen LogP contribution is 2.22. The lowest BCUT2D eigenvalue weighted by Gasteiger charge is -2.10. The van der Waals surface area contributed by atoms with Crippen molar-refractivity contribution < 1.29 is 9.18 Å². The van der Waals surface area contributed by atoms with E-state index in [2.05, 4.69) is 0 Å². The number of hydrogen-bond acceptors (Lipinski definition) is 2. The van der Waals surface area contributed by atoms with Crippen LogP contribution in [0.15, 0.2) is 48.5 Å². The molecule has 0 bridgehead atoms. The minimum atomic E-state index is -0.579. The summed E-state index contributed by atoms with van der Waals surface area (Å²) in [5.41, 5.74) is 13.4. The number of nitrogen functional groups attached to an aromatic ring is 1. The summed E-state index contributed by atoms with van der Waals surface area (Å²) in [5.74, 6) is -0.977. The van der Waals surface area contributed by atoms with Gasteiger partial charge < -0.3 is 16.0 Å². The van der Waals surface area contributed by atoms with Gasteiger partial charge in [-0.15, -0.1) is 0 Å². The van der Waals surface area contributed by atoms with Gasteiger partial charge in [-0.25, -0.2) is 4.39 Å². The predicted octanol–water partition coefficient (Wildman–Crippen LogP) is 2.21. The number of carbonyl (C=O) groups excluding carboxylic acids is 1. The maximum absolute atomic E-state index is 13.4. The Hall–Kier alpha value is -3.15. The predicted molar refractivity (Wildman–Crippen MR) is 87.0 cm³/mol. The lowest BCUT2D eigenvalue weighted by molar-refractivity contribution is 0.0992. The molecule has 0 atom stereocenters. The standard InChI is InChI=1S/C17H15FN4O/c18-13-4-5-14-12(7-13)8-15(17(21)23)22(14)9-10-2-1-3-11(6-10)16(19)20/h1-8H,9H2,(H3,19,20)(H2,21,23). The Morgan fingerprint density at radius 2 is 1.91 bits per heavy atom. The van der Waals surface area contributed by atoms with E-state index in [1.165, 1.54) is 12.1 Å². The molecule has 3 rings (SSSR count). The molecule has 0 radical (unpaired) electrons. The van der Waals surface area contributed by atoms with Crippen LogP contribution in [0, 0.1) is 11.2 Å². The highest BCUT2D eigenvalue weighted by atomic mass is 19.1. The summed E-state index contributed by atoms with van der Waals surface area (Å²) < 4.78 is 15.1. The summed E-state index contributed by atoms with van der Waals surface area (Å²) in [7, 11) is 0. The number of nitrogens with two attached hydrogens (primary N) is 2. The number of amides is 1. The van der Waals surface area contributed by atoms with Gasteiger partial charge in [-0.3, -0.25) is 10.2 Å². The van der Waals surface area contributed by atoms with Gasteiger partial charge in [0.05, 0.1) is 0 Å². The van der Waals surface area contributed by atoms with Crippen molar-refractivity contribution in [3.63, 3.8) is 0 Å². The molecule has 1 aromatic heterocycles. The Balaban J connectivity index is 2.11. The molecule has 3 aromatic rings. The zero-order valence-corrected chi connectivity index (χ0v) is 12.2. The van der Waals surface area contributed by atoms with E-state index in [1.807, 2.05) is 6.07 Å². The number of halogens is 1. The third-order valence-electron chi connectivity index (χ3n) is 3.69. The number of carbonyl (C=O) groups is 1. The van der Waals surface area contributed by atoms with Gasteiger partial charge in [0.1, 0.15) is 17.3 Å². The molecular formula is C17H15FN4O. The van der Waals surface area contributed by atoms with Crippen LogP contribution in [0.25, 0.3) is 10.9 Å².